The molecule has 0 radical (unpaired) electrons. The van der Waals surface area contributed by atoms with E-state index in [4.69, 9.17) is 0 Å². The van der Waals surface area contributed by atoms with Crippen LogP contribution in [0.4, 0.5) is 4.39 Å². The number of likely N-dealkylation sites (tertiary alicyclic amines) is 1. The molecule has 0 aromatic heterocycles. The molecule has 1 aliphatic heterocycles. The lowest BCUT2D eigenvalue weighted by molar-refractivity contribution is 0.0696. The van der Waals surface area contributed by atoms with Crippen LogP contribution in [0.1, 0.15) is 63.0 Å². The van der Waals surface area contributed by atoms with E-state index in [0.29, 0.717) is 12.0 Å². The van der Waals surface area contributed by atoms with E-state index in [9.17, 15) is 14.3 Å². The Bertz CT molecular complexity index is 1330. The molecule has 1 fully saturated rings. The molecule has 0 unspecified atom stereocenters. The largest absolute Gasteiger partial charge is 0.478 e. The molecule has 3 aromatic carbocycles. The molecule has 5 rings (SSSR count). The zero-order valence-corrected chi connectivity index (χ0v) is 20.8. The van der Waals surface area contributed by atoms with Crippen molar-refractivity contribution in [3.05, 3.63) is 111 Å². The van der Waals surface area contributed by atoms with Crippen molar-refractivity contribution < 1.29 is 14.3 Å². The highest BCUT2D eigenvalue weighted by Gasteiger charge is 2.22. The van der Waals surface area contributed by atoms with Gasteiger partial charge < -0.3 is 5.11 Å². The Hall–Kier alpha value is -3.50. The van der Waals surface area contributed by atoms with Crippen LogP contribution in [0.3, 0.4) is 0 Å². The minimum Gasteiger partial charge on any atom is -0.478 e. The molecule has 0 saturated carbocycles. The molecular weight excluding hydrogens is 449 g/mol. The van der Waals surface area contributed by atoms with Gasteiger partial charge in [-0.1, -0.05) is 60.7 Å². The summed E-state index contributed by atoms with van der Waals surface area (Å²) in [5, 5.41) is 9.56. The number of fused-ring (bicyclic) bond motifs is 1. The molecule has 0 spiro atoms. The van der Waals surface area contributed by atoms with Gasteiger partial charge in [0.1, 0.15) is 0 Å². The van der Waals surface area contributed by atoms with Crippen molar-refractivity contribution in [1.82, 2.24) is 4.90 Å². The maximum absolute atomic E-state index is 12.4. The number of allylic oxidation sites excluding steroid dienone is 1. The molecule has 1 aliphatic carbocycles. The van der Waals surface area contributed by atoms with Gasteiger partial charge in [0.25, 0.3) is 0 Å². The van der Waals surface area contributed by atoms with Gasteiger partial charge in [-0.2, -0.15) is 0 Å². The van der Waals surface area contributed by atoms with E-state index >= 15 is 0 Å². The van der Waals surface area contributed by atoms with Crippen molar-refractivity contribution in [1.29, 1.82) is 0 Å². The summed E-state index contributed by atoms with van der Waals surface area (Å²) < 4.78 is 12.4. The van der Waals surface area contributed by atoms with Crippen LogP contribution in [0.25, 0.3) is 17.2 Å². The summed E-state index contributed by atoms with van der Waals surface area (Å²) in [6.07, 6.45) is 5.63. The van der Waals surface area contributed by atoms with Crippen molar-refractivity contribution in [3.63, 3.8) is 0 Å². The smallest absolute Gasteiger partial charge is 0.335 e. The predicted molar refractivity (Wildman–Crippen MR) is 145 cm³/mol. The maximum Gasteiger partial charge on any atom is 0.335 e. The fourth-order valence-electron chi connectivity index (χ4n) is 5.47. The topological polar surface area (TPSA) is 40.5 Å². The zero-order chi connectivity index (χ0) is 25.1. The summed E-state index contributed by atoms with van der Waals surface area (Å²) in [5.74, 6) is -0.886. The van der Waals surface area contributed by atoms with Gasteiger partial charge in [-0.15, -0.1) is 0 Å². The Morgan fingerprint density at radius 2 is 1.78 bits per heavy atom. The summed E-state index contributed by atoms with van der Waals surface area (Å²) >= 11 is 0. The average Bonchev–Trinajstić information content (AvgIpc) is 3.05. The van der Waals surface area contributed by atoms with Crippen molar-refractivity contribution >= 4 is 23.2 Å². The summed E-state index contributed by atoms with van der Waals surface area (Å²) in [6, 6.07) is 22.8. The van der Waals surface area contributed by atoms with Crippen LogP contribution < -0.4 is 0 Å². The Balaban J connectivity index is 1.54. The fourth-order valence-corrected chi connectivity index (χ4v) is 5.47. The predicted octanol–water partition coefficient (Wildman–Crippen LogP) is 7.05. The molecule has 1 N–H and O–H groups in total. The van der Waals surface area contributed by atoms with Gasteiger partial charge in [-0.05, 0) is 94.8 Å². The van der Waals surface area contributed by atoms with Gasteiger partial charge in [-0.25, -0.2) is 4.79 Å². The summed E-state index contributed by atoms with van der Waals surface area (Å²) in [6.45, 7) is 4.57. The molecule has 0 bridgehead atoms. The monoisotopic (exact) mass is 481 g/mol. The van der Waals surface area contributed by atoms with Crippen molar-refractivity contribution in [3.8, 4) is 0 Å². The molecule has 4 heteroatoms. The number of carbonyl (C=O) groups is 1. The third-order valence-electron chi connectivity index (χ3n) is 7.30. The fraction of sp³-hybridized carbons (Fsp3) is 0.281. The standard InChI is InChI=1S/C32H32FNO2/c1-22-6-2-3-8-28(22)30-9-4-7-26-19-27(32(35)36)14-15-29(26)31(30)25-12-10-23(11-13-25)18-24-20-34(21-24)17-5-16-33/h2-3,6,8,10-15,18-19H,4-5,7,9,16-17,20-21H2,1H3,(H,35,36). The highest BCUT2D eigenvalue weighted by molar-refractivity contribution is 6.01. The molecule has 1 saturated heterocycles. The first-order chi connectivity index (χ1) is 17.5. The number of rotatable bonds is 7. The number of carboxylic acid groups (broad SMARTS) is 1. The van der Waals surface area contributed by atoms with Crippen molar-refractivity contribution in [2.24, 2.45) is 0 Å². The molecule has 184 valence electrons. The van der Waals surface area contributed by atoms with Crippen LogP contribution in [0, 0.1) is 6.92 Å². The third kappa shape index (κ3) is 5.05. The number of hydrogen-bond acceptors (Lipinski definition) is 2. The SMILES string of the molecule is Cc1ccccc1C1=C(c2ccc(C=C3CN(CCCF)C3)cc2)c2ccc(C(=O)O)cc2CCC1. The summed E-state index contributed by atoms with van der Waals surface area (Å²) in [7, 11) is 0. The zero-order valence-electron chi connectivity index (χ0n) is 20.8. The van der Waals surface area contributed by atoms with E-state index in [2.05, 4.69) is 66.4 Å². The van der Waals surface area contributed by atoms with Gasteiger partial charge in [-0.3, -0.25) is 9.29 Å². The van der Waals surface area contributed by atoms with E-state index < -0.39 is 5.97 Å². The second kappa shape index (κ2) is 10.6. The van der Waals surface area contributed by atoms with E-state index in [-0.39, 0.29) is 6.67 Å². The van der Waals surface area contributed by atoms with Gasteiger partial charge in [0, 0.05) is 19.6 Å². The molecule has 3 nitrogen and oxygen atoms in total. The van der Waals surface area contributed by atoms with Gasteiger partial charge >= 0.3 is 5.97 Å². The highest BCUT2D eigenvalue weighted by atomic mass is 19.1. The number of hydrogen-bond donors (Lipinski definition) is 1. The second-order valence-electron chi connectivity index (χ2n) is 9.88. The van der Waals surface area contributed by atoms with Crippen LogP contribution in [-0.2, 0) is 6.42 Å². The van der Waals surface area contributed by atoms with Crippen molar-refractivity contribution in [2.75, 3.05) is 26.3 Å². The van der Waals surface area contributed by atoms with Crippen LogP contribution in [-0.4, -0.2) is 42.3 Å². The van der Waals surface area contributed by atoms with E-state index in [0.717, 1.165) is 55.6 Å². The summed E-state index contributed by atoms with van der Waals surface area (Å²) in [5.41, 5.74) is 11.3. The van der Waals surface area contributed by atoms with Crippen molar-refractivity contribution in [2.45, 2.75) is 32.6 Å². The normalized spacial score (nSPS) is 15.8. The van der Waals surface area contributed by atoms with Crippen LogP contribution in [0.15, 0.2) is 72.3 Å². The maximum atomic E-state index is 12.4. The number of halogens is 1. The number of aromatic carboxylic acids is 1. The second-order valence-corrected chi connectivity index (χ2v) is 9.88. The minimum atomic E-state index is -0.886. The van der Waals surface area contributed by atoms with Crippen LogP contribution in [0.2, 0.25) is 0 Å². The third-order valence-corrected chi connectivity index (χ3v) is 7.30. The lowest BCUT2D eigenvalue weighted by atomic mass is 9.86. The van der Waals surface area contributed by atoms with E-state index in [1.165, 1.54) is 33.4 Å². The van der Waals surface area contributed by atoms with Crippen LogP contribution in [0.5, 0.6) is 0 Å². The molecule has 2 aliphatic rings. The Kier molecular flexibility index (Phi) is 7.15. The molecule has 1 heterocycles. The van der Waals surface area contributed by atoms with Crippen LogP contribution >= 0.6 is 0 Å². The minimum absolute atomic E-state index is 0.252. The average molecular weight is 482 g/mol. The number of aryl methyl sites for hydroxylation is 2. The lowest BCUT2D eigenvalue weighted by Gasteiger charge is -2.33. The van der Waals surface area contributed by atoms with Gasteiger partial charge in [0.2, 0.25) is 0 Å². The Morgan fingerprint density at radius 1 is 1.00 bits per heavy atom. The first kappa shape index (κ1) is 24.2. The molecule has 0 amide bonds. The Labute approximate surface area is 212 Å². The molecule has 3 aromatic rings. The molecule has 0 atom stereocenters. The Morgan fingerprint density at radius 3 is 2.50 bits per heavy atom. The summed E-state index contributed by atoms with van der Waals surface area (Å²) in [4.78, 5) is 13.9. The highest BCUT2D eigenvalue weighted by Crippen LogP contribution is 2.41. The number of alkyl halides is 1. The first-order valence-electron chi connectivity index (χ1n) is 12.8. The van der Waals surface area contributed by atoms with E-state index in [1.807, 2.05) is 12.1 Å². The lowest BCUT2D eigenvalue weighted by Crippen LogP contribution is -2.40. The number of benzene rings is 3. The number of carboxylic acids is 1. The quantitative estimate of drug-likeness (QED) is 0.393. The molecular formula is C32H32FNO2. The molecule has 36 heavy (non-hydrogen) atoms. The van der Waals surface area contributed by atoms with E-state index in [1.54, 1.807) is 6.07 Å². The number of nitrogens with zero attached hydrogens (tertiary/aromatic N) is 1. The van der Waals surface area contributed by atoms with Gasteiger partial charge in [0.15, 0.2) is 0 Å². The van der Waals surface area contributed by atoms with Gasteiger partial charge in [0.05, 0.1) is 12.2 Å². The first-order valence-corrected chi connectivity index (χ1v) is 12.8.